The summed E-state index contributed by atoms with van der Waals surface area (Å²) in [5.74, 6) is -3.91. The third-order valence-electron chi connectivity index (χ3n) is 3.91. The van der Waals surface area contributed by atoms with E-state index in [0.29, 0.717) is 6.07 Å². The van der Waals surface area contributed by atoms with Crippen LogP contribution >= 0.6 is 11.6 Å². The van der Waals surface area contributed by atoms with Gasteiger partial charge in [0.15, 0.2) is 12.4 Å². The normalized spacial score (nSPS) is 11.3. The Morgan fingerprint density at radius 2 is 1.90 bits per heavy atom. The number of nitrogens with one attached hydrogen (secondary N) is 1. The number of hydrogen-bond donors (Lipinski definition) is 1. The number of benzene rings is 1. The van der Waals surface area contributed by atoms with Gasteiger partial charge in [-0.1, -0.05) is 23.7 Å². The number of ether oxygens (including phenoxy) is 1. The van der Waals surface area contributed by atoms with E-state index in [1.165, 1.54) is 24.4 Å². The van der Waals surface area contributed by atoms with Gasteiger partial charge in [0.2, 0.25) is 5.88 Å². The molecule has 0 bridgehead atoms. The molecule has 0 radical (unpaired) electrons. The molecule has 0 spiro atoms. The molecule has 0 saturated heterocycles. The average molecular weight is 458 g/mol. The van der Waals surface area contributed by atoms with E-state index in [4.69, 9.17) is 11.6 Å². The highest BCUT2D eigenvalue weighted by Crippen LogP contribution is 2.30. The van der Waals surface area contributed by atoms with Gasteiger partial charge in [-0.25, -0.2) is 13.8 Å². The summed E-state index contributed by atoms with van der Waals surface area (Å²) in [4.78, 5) is 20.3. The average Bonchev–Trinajstić information content (AvgIpc) is 2.69. The minimum atomic E-state index is -4.75. The minimum absolute atomic E-state index is 0.0177. The Hall–Kier alpha value is -3.27. The van der Waals surface area contributed by atoms with Gasteiger partial charge in [-0.3, -0.25) is 9.78 Å². The molecule has 1 amide bonds. The molecule has 0 saturated carbocycles. The summed E-state index contributed by atoms with van der Waals surface area (Å²) in [6.07, 6.45) is -3.34. The number of aryl methyl sites for hydroxylation is 1. The molecule has 0 unspecified atom stereocenters. The monoisotopic (exact) mass is 457 g/mol. The lowest BCUT2D eigenvalue weighted by Crippen LogP contribution is -2.22. The lowest BCUT2D eigenvalue weighted by Gasteiger charge is -2.15. The van der Waals surface area contributed by atoms with Gasteiger partial charge in [-0.15, -0.1) is 0 Å². The van der Waals surface area contributed by atoms with Crippen LogP contribution in [0.25, 0.3) is 11.4 Å². The van der Waals surface area contributed by atoms with E-state index in [1.54, 1.807) is 13.0 Å². The van der Waals surface area contributed by atoms with Crippen molar-refractivity contribution in [2.24, 2.45) is 0 Å². The standard InChI is InChI=1S/C20H13ClF5N3O2/c1-10-5-6-15(27-8-10)17-14(23)7-11(19(29-17)31-9-20(24,25)26)18(30)28-16-12(21)3-2-4-13(16)22/h2-8H,9H2,1H3,(H,28,30). The first-order chi connectivity index (χ1) is 14.5. The molecule has 1 aromatic carbocycles. The number of rotatable bonds is 5. The number of para-hydroxylation sites is 1. The van der Waals surface area contributed by atoms with Crippen molar-refractivity contribution in [3.05, 3.63) is 70.4 Å². The number of pyridine rings is 2. The van der Waals surface area contributed by atoms with Gasteiger partial charge in [0, 0.05) is 6.20 Å². The molecule has 3 rings (SSSR count). The van der Waals surface area contributed by atoms with Crippen molar-refractivity contribution >= 4 is 23.2 Å². The molecule has 162 valence electrons. The number of anilines is 1. The fraction of sp³-hybridized carbons (Fsp3) is 0.150. The van der Waals surface area contributed by atoms with Crippen LogP contribution in [0.15, 0.2) is 42.6 Å². The zero-order valence-corrected chi connectivity index (χ0v) is 16.5. The van der Waals surface area contributed by atoms with Crippen LogP contribution in [0.2, 0.25) is 5.02 Å². The van der Waals surface area contributed by atoms with Crippen molar-refractivity contribution in [2.45, 2.75) is 13.1 Å². The first kappa shape index (κ1) is 22.4. The quantitative estimate of drug-likeness (QED) is 0.508. The van der Waals surface area contributed by atoms with Gasteiger partial charge in [0.25, 0.3) is 5.91 Å². The van der Waals surface area contributed by atoms with Crippen LogP contribution in [-0.2, 0) is 0 Å². The third-order valence-corrected chi connectivity index (χ3v) is 4.23. The van der Waals surface area contributed by atoms with E-state index in [0.717, 1.165) is 11.6 Å². The zero-order chi connectivity index (χ0) is 22.8. The second-order valence-corrected chi connectivity index (χ2v) is 6.75. The van der Waals surface area contributed by atoms with Gasteiger partial charge in [0.05, 0.1) is 16.4 Å². The molecular weight excluding hydrogens is 445 g/mol. The Balaban J connectivity index is 2.04. The molecule has 5 nitrogen and oxygen atoms in total. The van der Waals surface area contributed by atoms with Gasteiger partial charge in [0.1, 0.15) is 17.1 Å². The highest BCUT2D eigenvalue weighted by molar-refractivity contribution is 6.34. The zero-order valence-electron chi connectivity index (χ0n) is 15.7. The molecule has 0 aliphatic rings. The fourth-order valence-electron chi connectivity index (χ4n) is 2.48. The third kappa shape index (κ3) is 5.46. The first-order valence-corrected chi connectivity index (χ1v) is 9.01. The Morgan fingerprint density at radius 1 is 1.16 bits per heavy atom. The van der Waals surface area contributed by atoms with E-state index in [1.807, 2.05) is 0 Å². The molecule has 0 aliphatic heterocycles. The van der Waals surface area contributed by atoms with Crippen molar-refractivity contribution in [3.8, 4) is 17.3 Å². The molecule has 2 heterocycles. The van der Waals surface area contributed by atoms with Crippen molar-refractivity contribution < 1.29 is 31.5 Å². The Kier molecular flexibility index (Phi) is 6.40. The van der Waals surface area contributed by atoms with Crippen molar-refractivity contribution in [1.82, 2.24) is 9.97 Å². The van der Waals surface area contributed by atoms with Crippen LogP contribution in [0, 0.1) is 18.6 Å². The Morgan fingerprint density at radius 3 is 2.52 bits per heavy atom. The number of hydrogen-bond acceptors (Lipinski definition) is 4. The van der Waals surface area contributed by atoms with Crippen molar-refractivity contribution in [1.29, 1.82) is 0 Å². The predicted octanol–water partition coefficient (Wildman–Crippen LogP) is 5.58. The molecule has 0 aliphatic carbocycles. The SMILES string of the molecule is Cc1ccc(-c2nc(OCC(F)(F)F)c(C(=O)Nc3c(F)cccc3Cl)cc2F)nc1. The second kappa shape index (κ2) is 8.84. The molecule has 31 heavy (non-hydrogen) atoms. The Labute approximate surface area is 177 Å². The van der Waals surface area contributed by atoms with Crippen LogP contribution in [0.3, 0.4) is 0 Å². The lowest BCUT2D eigenvalue weighted by atomic mass is 10.1. The van der Waals surface area contributed by atoms with E-state index in [9.17, 15) is 26.7 Å². The molecule has 0 fully saturated rings. The maximum atomic E-state index is 14.7. The lowest BCUT2D eigenvalue weighted by molar-refractivity contribution is -0.154. The molecular formula is C20H13ClF5N3O2. The Bertz CT molecular complexity index is 1100. The number of amides is 1. The molecule has 1 N–H and O–H groups in total. The fourth-order valence-corrected chi connectivity index (χ4v) is 2.69. The number of carbonyl (C=O) groups is 1. The number of carbonyl (C=O) groups excluding carboxylic acids is 1. The van der Waals surface area contributed by atoms with Crippen LogP contribution in [0.4, 0.5) is 27.6 Å². The summed E-state index contributed by atoms with van der Waals surface area (Å²) >= 11 is 5.84. The van der Waals surface area contributed by atoms with Crippen LogP contribution in [0.5, 0.6) is 5.88 Å². The summed E-state index contributed by atoms with van der Waals surface area (Å²) in [5.41, 5.74) is -0.755. The summed E-state index contributed by atoms with van der Waals surface area (Å²) in [7, 11) is 0. The van der Waals surface area contributed by atoms with Crippen molar-refractivity contribution in [3.63, 3.8) is 0 Å². The van der Waals surface area contributed by atoms with Gasteiger partial charge >= 0.3 is 6.18 Å². The molecule has 3 aromatic rings. The summed E-state index contributed by atoms with van der Waals surface area (Å²) in [6.45, 7) is -0.0488. The molecule has 11 heteroatoms. The summed E-state index contributed by atoms with van der Waals surface area (Å²) < 4.78 is 71.3. The highest BCUT2D eigenvalue weighted by atomic mass is 35.5. The largest absolute Gasteiger partial charge is 0.467 e. The van der Waals surface area contributed by atoms with E-state index in [-0.39, 0.29) is 10.7 Å². The maximum absolute atomic E-state index is 14.7. The maximum Gasteiger partial charge on any atom is 0.422 e. The minimum Gasteiger partial charge on any atom is -0.467 e. The smallest absolute Gasteiger partial charge is 0.422 e. The van der Waals surface area contributed by atoms with E-state index in [2.05, 4.69) is 20.0 Å². The topological polar surface area (TPSA) is 64.1 Å². The molecule has 0 atom stereocenters. The van der Waals surface area contributed by atoms with Gasteiger partial charge < -0.3 is 10.1 Å². The summed E-state index contributed by atoms with van der Waals surface area (Å²) in [6, 6.07) is 7.23. The van der Waals surface area contributed by atoms with Gasteiger partial charge in [-0.05, 0) is 36.8 Å². The summed E-state index contributed by atoms with van der Waals surface area (Å²) in [5, 5.41) is 1.93. The first-order valence-electron chi connectivity index (χ1n) is 8.63. The molecule has 2 aromatic heterocycles. The van der Waals surface area contributed by atoms with E-state index >= 15 is 0 Å². The van der Waals surface area contributed by atoms with Crippen molar-refractivity contribution in [2.75, 3.05) is 11.9 Å². The van der Waals surface area contributed by atoms with Crippen LogP contribution in [-0.4, -0.2) is 28.7 Å². The second-order valence-electron chi connectivity index (χ2n) is 6.35. The van der Waals surface area contributed by atoms with Crippen LogP contribution in [0.1, 0.15) is 15.9 Å². The van der Waals surface area contributed by atoms with E-state index < -0.39 is 53.1 Å². The number of nitrogens with zero attached hydrogens (tertiary/aromatic N) is 2. The predicted molar refractivity (Wildman–Crippen MR) is 103 cm³/mol. The highest BCUT2D eigenvalue weighted by Gasteiger charge is 2.31. The number of halogens is 6. The number of aromatic nitrogens is 2. The number of alkyl halides is 3. The van der Waals surface area contributed by atoms with Crippen LogP contribution < -0.4 is 10.1 Å². The van der Waals surface area contributed by atoms with Gasteiger partial charge in [-0.2, -0.15) is 13.2 Å².